The van der Waals surface area contributed by atoms with Gasteiger partial charge in [0.2, 0.25) is 5.91 Å². The van der Waals surface area contributed by atoms with Gasteiger partial charge in [-0.1, -0.05) is 322 Å². The Morgan fingerprint density at radius 2 is 0.603 bits per heavy atom. The first kappa shape index (κ1) is 66.9. The van der Waals surface area contributed by atoms with Gasteiger partial charge in [0, 0.05) is 12.8 Å². The molecular weight excluding hydrogens is 839 g/mol. The van der Waals surface area contributed by atoms with Gasteiger partial charge >= 0.3 is 5.97 Å². The fourth-order valence-electron chi connectivity index (χ4n) is 10.1. The molecule has 1 amide bonds. The fourth-order valence-corrected chi connectivity index (χ4v) is 10.1. The molecule has 0 saturated heterocycles. The molecule has 0 aromatic heterocycles. The minimum absolute atomic E-state index is 0.0161. The van der Waals surface area contributed by atoms with Crippen molar-refractivity contribution in [2.24, 2.45) is 0 Å². The van der Waals surface area contributed by atoms with E-state index in [-0.39, 0.29) is 18.5 Å². The number of rotatable bonds is 59. The Kier molecular flexibility index (Phi) is 57.5. The van der Waals surface area contributed by atoms with Crippen LogP contribution in [0.15, 0.2) is 0 Å². The molecule has 2 atom stereocenters. The number of carbonyl (C=O) groups is 2. The molecule has 0 heterocycles. The summed E-state index contributed by atoms with van der Waals surface area (Å²) in [7, 11) is 0. The predicted molar refractivity (Wildman–Crippen MR) is 297 cm³/mol. The second-order valence-electron chi connectivity index (χ2n) is 21.8. The van der Waals surface area contributed by atoms with Crippen molar-refractivity contribution < 1.29 is 24.5 Å². The second-order valence-corrected chi connectivity index (χ2v) is 21.8. The number of amides is 1. The predicted octanol–water partition coefficient (Wildman–Crippen LogP) is 19.5. The van der Waals surface area contributed by atoms with Crippen molar-refractivity contribution in [3.63, 3.8) is 0 Å². The van der Waals surface area contributed by atoms with Crippen LogP contribution in [0.4, 0.5) is 0 Å². The summed E-state index contributed by atoms with van der Waals surface area (Å²) in [4.78, 5) is 24.5. The van der Waals surface area contributed by atoms with Crippen LogP contribution in [-0.2, 0) is 14.3 Å². The third-order valence-electron chi connectivity index (χ3n) is 14.9. The zero-order chi connectivity index (χ0) is 49.3. The summed E-state index contributed by atoms with van der Waals surface area (Å²) in [5.74, 6) is -0.0149. The van der Waals surface area contributed by atoms with E-state index < -0.39 is 12.1 Å². The van der Waals surface area contributed by atoms with Crippen LogP contribution in [0.5, 0.6) is 0 Å². The maximum Gasteiger partial charge on any atom is 0.305 e. The van der Waals surface area contributed by atoms with Crippen LogP contribution >= 0.6 is 0 Å². The smallest absolute Gasteiger partial charge is 0.305 e. The van der Waals surface area contributed by atoms with Crippen molar-refractivity contribution in [3.05, 3.63) is 0 Å². The molecule has 0 radical (unpaired) electrons. The number of hydrogen-bond acceptors (Lipinski definition) is 5. The van der Waals surface area contributed by atoms with Crippen LogP contribution in [0.1, 0.15) is 361 Å². The van der Waals surface area contributed by atoms with Crippen LogP contribution < -0.4 is 5.32 Å². The maximum atomic E-state index is 12.5. The summed E-state index contributed by atoms with van der Waals surface area (Å²) < 4.78 is 5.48. The summed E-state index contributed by atoms with van der Waals surface area (Å²) >= 11 is 0. The minimum atomic E-state index is -0.662. The van der Waals surface area contributed by atoms with Gasteiger partial charge in [0.15, 0.2) is 0 Å². The number of nitrogens with one attached hydrogen (secondary N) is 1. The second kappa shape index (κ2) is 58.4. The lowest BCUT2D eigenvalue weighted by Gasteiger charge is -2.22. The van der Waals surface area contributed by atoms with E-state index in [9.17, 15) is 19.8 Å². The largest absolute Gasteiger partial charge is 0.466 e. The number of carbonyl (C=O) groups excluding carboxylic acids is 2. The topological polar surface area (TPSA) is 95.9 Å². The normalized spacial score (nSPS) is 12.5. The summed E-state index contributed by atoms with van der Waals surface area (Å²) in [6.45, 7) is 4.98. The summed E-state index contributed by atoms with van der Waals surface area (Å²) in [5.41, 5.74) is 0. The van der Waals surface area contributed by atoms with Crippen molar-refractivity contribution in [2.75, 3.05) is 13.2 Å². The lowest BCUT2D eigenvalue weighted by Crippen LogP contribution is -2.45. The standard InChI is InChI=1S/C62H123NO5/c1-3-5-7-9-11-13-15-17-18-28-31-34-38-42-46-50-54-60(65)59(58-64)63-61(66)55-51-47-43-39-35-32-29-26-24-22-20-19-21-23-25-27-30-33-37-41-45-49-53-57-68-62(67)56-52-48-44-40-36-16-14-12-10-8-6-4-2/h59-60,64-65H,3-58H2,1-2H3,(H,63,66). The van der Waals surface area contributed by atoms with Crippen LogP contribution in [0.25, 0.3) is 0 Å². The van der Waals surface area contributed by atoms with Gasteiger partial charge in [0.25, 0.3) is 0 Å². The van der Waals surface area contributed by atoms with Gasteiger partial charge in [-0.25, -0.2) is 0 Å². The Morgan fingerprint density at radius 1 is 0.353 bits per heavy atom. The van der Waals surface area contributed by atoms with Crippen LogP contribution in [0, 0.1) is 0 Å². The van der Waals surface area contributed by atoms with Gasteiger partial charge in [0.1, 0.15) is 0 Å². The Bertz CT molecular complexity index is 975. The number of unbranched alkanes of at least 4 members (excludes halogenated alkanes) is 48. The first-order valence-electron chi connectivity index (χ1n) is 31.3. The number of esters is 1. The van der Waals surface area contributed by atoms with Crippen molar-refractivity contribution in [3.8, 4) is 0 Å². The molecule has 6 heteroatoms. The summed E-state index contributed by atoms with van der Waals surface area (Å²) in [6.07, 6.45) is 68.3. The molecule has 0 spiro atoms. The maximum absolute atomic E-state index is 12.5. The molecule has 68 heavy (non-hydrogen) atoms. The van der Waals surface area contributed by atoms with Gasteiger partial charge < -0.3 is 20.3 Å². The van der Waals surface area contributed by atoms with Crippen LogP contribution in [0.3, 0.4) is 0 Å². The number of aliphatic hydroxyl groups is 2. The number of ether oxygens (including phenoxy) is 1. The molecule has 0 aromatic carbocycles. The van der Waals surface area contributed by atoms with Crippen molar-refractivity contribution >= 4 is 11.9 Å². The minimum Gasteiger partial charge on any atom is -0.466 e. The lowest BCUT2D eigenvalue weighted by atomic mass is 10.0. The molecule has 0 aromatic rings. The third-order valence-corrected chi connectivity index (χ3v) is 14.9. The van der Waals surface area contributed by atoms with E-state index in [1.54, 1.807) is 0 Å². The van der Waals surface area contributed by atoms with E-state index in [2.05, 4.69) is 19.2 Å². The van der Waals surface area contributed by atoms with E-state index in [0.717, 1.165) is 38.5 Å². The molecule has 2 unspecified atom stereocenters. The fraction of sp³-hybridized carbons (Fsp3) is 0.968. The Balaban J connectivity index is 3.36. The van der Waals surface area contributed by atoms with E-state index in [4.69, 9.17) is 4.74 Å². The molecule has 0 aliphatic carbocycles. The van der Waals surface area contributed by atoms with Crippen molar-refractivity contribution in [1.29, 1.82) is 0 Å². The molecule has 406 valence electrons. The van der Waals surface area contributed by atoms with Crippen LogP contribution in [-0.4, -0.2) is 47.4 Å². The molecule has 0 aliphatic rings. The number of hydrogen-bond donors (Lipinski definition) is 3. The lowest BCUT2D eigenvalue weighted by molar-refractivity contribution is -0.143. The average Bonchev–Trinajstić information content (AvgIpc) is 3.34. The molecular formula is C62H123NO5. The highest BCUT2D eigenvalue weighted by Crippen LogP contribution is 2.19. The molecule has 3 N–H and O–H groups in total. The molecule has 0 aliphatic heterocycles. The average molecular weight is 963 g/mol. The Hall–Kier alpha value is -1.14. The monoisotopic (exact) mass is 962 g/mol. The van der Waals surface area contributed by atoms with E-state index >= 15 is 0 Å². The highest BCUT2D eigenvalue weighted by Gasteiger charge is 2.20. The molecule has 0 rings (SSSR count). The van der Waals surface area contributed by atoms with Crippen molar-refractivity contribution in [1.82, 2.24) is 5.32 Å². The first-order valence-corrected chi connectivity index (χ1v) is 31.3. The van der Waals surface area contributed by atoms with Gasteiger partial charge in [-0.3, -0.25) is 9.59 Å². The van der Waals surface area contributed by atoms with E-state index in [1.807, 2.05) is 0 Å². The zero-order valence-electron chi connectivity index (χ0n) is 46.4. The highest BCUT2D eigenvalue weighted by atomic mass is 16.5. The van der Waals surface area contributed by atoms with Crippen molar-refractivity contribution in [2.45, 2.75) is 373 Å². The first-order chi connectivity index (χ1) is 33.5. The molecule has 0 bridgehead atoms. The van der Waals surface area contributed by atoms with Gasteiger partial charge in [-0.15, -0.1) is 0 Å². The summed E-state index contributed by atoms with van der Waals surface area (Å²) in [5, 5.41) is 23.3. The number of aliphatic hydroxyl groups excluding tert-OH is 2. The molecule has 0 fully saturated rings. The Labute approximate surface area is 426 Å². The van der Waals surface area contributed by atoms with E-state index in [1.165, 1.54) is 289 Å². The Morgan fingerprint density at radius 3 is 0.897 bits per heavy atom. The third kappa shape index (κ3) is 54.2. The van der Waals surface area contributed by atoms with Gasteiger partial charge in [0.05, 0.1) is 25.4 Å². The summed E-state index contributed by atoms with van der Waals surface area (Å²) in [6, 6.07) is -0.539. The molecule has 6 nitrogen and oxygen atoms in total. The van der Waals surface area contributed by atoms with Gasteiger partial charge in [-0.05, 0) is 25.7 Å². The quantitative estimate of drug-likeness (QED) is 0.0417. The van der Waals surface area contributed by atoms with Crippen LogP contribution in [0.2, 0.25) is 0 Å². The SMILES string of the molecule is CCCCCCCCCCCCCCCCCCC(O)C(CO)NC(=O)CCCCCCCCCCCCCCCCCCCCCCCCCOC(=O)CCCCCCCCCCCCCC. The van der Waals surface area contributed by atoms with Gasteiger partial charge in [-0.2, -0.15) is 0 Å². The zero-order valence-corrected chi connectivity index (χ0v) is 46.4. The molecule has 0 saturated carbocycles. The van der Waals surface area contributed by atoms with E-state index in [0.29, 0.717) is 25.9 Å². The highest BCUT2D eigenvalue weighted by molar-refractivity contribution is 5.76.